The molecule has 3 rings (SSSR count). The van der Waals surface area contributed by atoms with Gasteiger partial charge in [0.05, 0.1) is 5.52 Å². The molecule has 30 heavy (non-hydrogen) atoms. The van der Waals surface area contributed by atoms with E-state index in [9.17, 15) is 18.0 Å². The molecule has 2 aromatic rings. The number of benzene rings is 1. The average molecular weight is 441 g/mol. The number of pyridine rings is 1. The Bertz CT molecular complexity index is 934. The van der Waals surface area contributed by atoms with Crippen LogP contribution in [0, 0.1) is 6.92 Å². The van der Waals surface area contributed by atoms with E-state index < -0.39 is 12.7 Å². The summed E-state index contributed by atoms with van der Waals surface area (Å²) in [6.07, 6.45) is -4.31. The number of nitrogens with zero attached hydrogens (tertiary/aromatic N) is 1. The average Bonchev–Trinajstić information content (AvgIpc) is 3.16. The lowest BCUT2D eigenvalue weighted by Gasteiger charge is -2.23. The minimum atomic E-state index is -4.31. The number of aromatic nitrogens is 1. The molecule has 1 aliphatic heterocycles. The number of aryl methyl sites for hydroxylation is 1. The molecule has 9 heteroatoms. The molecule has 2 heterocycles. The molecule has 1 aliphatic rings. The number of rotatable bonds is 5. The normalized spacial score (nSPS) is 17.4. The first kappa shape index (κ1) is 22.7. The molecule has 1 atom stereocenters. The molecule has 164 valence electrons. The predicted molar refractivity (Wildman–Crippen MR) is 116 cm³/mol. The third kappa shape index (κ3) is 5.57. The molecular formula is C21H27F3N4OS. The summed E-state index contributed by atoms with van der Waals surface area (Å²) in [4.78, 5) is 17.3. The van der Waals surface area contributed by atoms with Crippen LogP contribution in [0.25, 0.3) is 10.9 Å². The number of hydrogen-bond donors (Lipinski definition) is 3. The highest BCUT2D eigenvalue weighted by molar-refractivity contribution is 7.99. The Morgan fingerprint density at radius 3 is 2.60 bits per heavy atom. The molecule has 1 fully saturated rings. The van der Waals surface area contributed by atoms with Crippen molar-refractivity contribution in [3.63, 3.8) is 0 Å². The molecule has 0 saturated carbocycles. The number of amides is 1. The summed E-state index contributed by atoms with van der Waals surface area (Å²) in [5.41, 5.74) is 2.55. The maximum atomic E-state index is 12.7. The zero-order valence-electron chi connectivity index (χ0n) is 17.5. The summed E-state index contributed by atoms with van der Waals surface area (Å²) in [6.45, 7) is 7.18. The van der Waals surface area contributed by atoms with Crippen LogP contribution in [-0.2, 0) is 5.41 Å². The molecular weight excluding hydrogens is 413 g/mol. The number of anilines is 1. The fourth-order valence-electron chi connectivity index (χ4n) is 3.36. The highest BCUT2D eigenvalue weighted by Gasteiger charge is 2.27. The molecule has 0 bridgehead atoms. The van der Waals surface area contributed by atoms with E-state index in [2.05, 4.69) is 20.9 Å². The fourth-order valence-corrected chi connectivity index (χ4v) is 4.35. The van der Waals surface area contributed by atoms with Gasteiger partial charge in [-0.3, -0.25) is 4.79 Å². The molecule has 3 N–H and O–H groups in total. The Morgan fingerprint density at radius 2 is 2.00 bits per heavy atom. The lowest BCUT2D eigenvalue weighted by Crippen LogP contribution is -2.38. The first-order valence-electron chi connectivity index (χ1n) is 9.80. The molecule has 0 radical (unpaired) electrons. The smallest absolute Gasteiger partial charge is 0.376 e. The lowest BCUT2D eigenvalue weighted by molar-refractivity contribution is -0.115. The second-order valence-electron chi connectivity index (χ2n) is 8.59. The van der Waals surface area contributed by atoms with Crippen molar-refractivity contribution >= 4 is 34.3 Å². The minimum absolute atomic E-state index is 0.243. The van der Waals surface area contributed by atoms with E-state index in [0.717, 1.165) is 28.1 Å². The highest BCUT2D eigenvalue weighted by atomic mass is 32.2. The maximum absolute atomic E-state index is 12.7. The molecule has 0 spiro atoms. The van der Waals surface area contributed by atoms with Crippen molar-refractivity contribution in [2.45, 2.75) is 45.3 Å². The second kappa shape index (κ2) is 8.63. The van der Waals surface area contributed by atoms with Gasteiger partial charge < -0.3 is 16.0 Å². The number of nitrogens with one attached hydrogen (secondary N) is 3. The molecule has 1 aromatic heterocycles. The third-order valence-electron chi connectivity index (χ3n) is 4.96. The topological polar surface area (TPSA) is 66.0 Å². The van der Waals surface area contributed by atoms with Gasteiger partial charge in [-0.2, -0.15) is 13.2 Å². The number of carbonyl (C=O) groups excluding carboxylic acids is 1. The van der Waals surface area contributed by atoms with E-state index in [0.29, 0.717) is 23.4 Å². The maximum Gasteiger partial charge on any atom is 0.405 e. The van der Waals surface area contributed by atoms with Crippen LogP contribution in [0.2, 0.25) is 0 Å². The van der Waals surface area contributed by atoms with Crippen molar-refractivity contribution in [2.24, 2.45) is 0 Å². The van der Waals surface area contributed by atoms with E-state index >= 15 is 0 Å². The number of carbonyl (C=O) groups is 1. The Hall–Kier alpha value is -2.00. The minimum Gasteiger partial charge on any atom is -0.376 e. The number of thioether (sulfide) groups is 1. The van der Waals surface area contributed by atoms with Crippen LogP contribution in [0.15, 0.2) is 18.2 Å². The predicted octanol–water partition coefficient (Wildman–Crippen LogP) is 4.21. The SMILES string of the molecule is Cc1cc(C(=O)NCC2CSCN2)nc2c(C(C)(C)C)cc(NCC(F)(F)F)cc12. The standard InChI is InChI=1S/C21H27F3N4OS/c1-12-5-17(19(29)25-8-14-9-30-11-27-14)28-18-15(12)6-13(26-10-21(22,23)24)7-16(18)20(2,3)4/h5-7,14,26-27H,8-11H2,1-4H3,(H,25,29). The van der Waals surface area contributed by atoms with Gasteiger partial charge in [-0.1, -0.05) is 20.8 Å². The van der Waals surface area contributed by atoms with Crippen LogP contribution >= 0.6 is 11.8 Å². The molecule has 5 nitrogen and oxygen atoms in total. The van der Waals surface area contributed by atoms with E-state index in [1.807, 2.05) is 27.7 Å². The van der Waals surface area contributed by atoms with E-state index in [4.69, 9.17) is 0 Å². The van der Waals surface area contributed by atoms with Crippen molar-refractivity contribution in [3.05, 3.63) is 35.0 Å². The molecule has 0 aliphatic carbocycles. The summed E-state index contributed by atoms with van der Waals surface area (Å²) in [5, 5.41) is 9.43. The van der Waals surface area contributed by atoms with Gasteiger partial charge in [-0.15, -0.1) is 11.8 Å². The van der Waals surface area contributed by atoms with Crippen LogP contribution in [0.3, 0.4) is 0 Å². The largest absolute Gasteiger partial charge is 0.405 e. The quantitative estimate of drug-likeness (QED) is 0.650. The van der Waals surface area contributed by atoms with Crippen molar-refractivity contribution in [1.82, 2.24) is 15.6 Å². The molecule has 1 unspecified atom stereocenters. The van der Waals surface area contributed by atoms with Crippen LogP contribution < -0.4 is 16.0 Å². The van der Waals surface area contributed by atoms with Gasteiger partial charge in [0, 0.05) is 35.3 Å². The van der Waals surface area contributed by atoms with E-state index in [-0.39, 0.29) is 17.4 Å². The number of fused-ring (bicyclic) bond motifs is 1. The van der Waals surface area contributed by atoms with Gasteiger partial charge in [-0.05, 0) is 41.7 Å². The number of alkyl halides is 3. The van der Waals surface area contributed by atoms with Gasteiger partial charge in [0.2, 0.25) is 0 Å². The Labute approximate surface area is 178 Å². The summed E-state index contributed by atoms with van der Waals surface area (Å²) < 4.78 is 38.0. The second-order valence-corrected chi connectivity index (χ2v) is 9.62. The Kier molecular flexibility index (Phi) is 6.52. The Morgan fingerprint density at radius 1 is 1.27 bits per heavy atom. The van der Waals surface area contributed by atoms with Crippen LogP contribution in [0.1, 0.15) is 42.4 Å². The molecule has 1 amide bonds. The third-order valence-corrected chi connectivity index (χ3v) is 5.96. The summed E-state index contributed by atoms with van der Waals surface area (Å²) in [5.74, 6) is 1.58. The van der Waals surface area contributed by atoms with Crippen molar-refractivity contribution in [1.29, 1.82) is 0 Å². The fraction of sp³-hybridized carbons (Fsp3) is 0.524. The van der Waals surface area contributed by atoms with Crippen molar-refractivity contribution in [2.75, 3.05) is 30.0 Å². The van der Waals surface area contributed by atoms with E-state index in [1.54, 1.807) is 30.0 Å². The van der Waals surface area contributed by atoms with Gasteiger partial charge in [0.15, 0.2) is 0 Å². The zero-order valence-corrected chi connectivity index (χ0v) is 18.4. The van der Waals surface area contributed by atoms with Crippen molar-refractivity contribution < 1.29 is 18.0 Å². The molecule has 1 saturated heterocycles. The molecule has 1 aromatic carbocycles. The van der Waals surface area contributed by atoms with Gasteiger partial charge in [-0.25, -0.2) is 4.98 Å². The first-order chi connectivity index (χ1) is 13.9. The lowest BCUT2D eigenvalue weighted by atomic mass is 9.84. The van der Waals surface area contributed by atoms with Crippen LogP contribution in [0.5, 0.6) is 0 Å². The first-order valence-corrected chi connectivity index (χ1v) is 11.0. The summed E-state index contributed by atoms with van der Waals surface area (Å²) >= 11 is 1.79. The Balaban J connectivity index is 1.96. The van der Waals surface area contributed by atoms with Crippen molar-refractivity contribution in [3.8, 4) is 0 Å². The van der Waals surface area contributed by atoms with Gasteiger partial charge in [0.25, 0.3) is 5.91 Å². The van der Waals surface area contributed by atoms with Gasteiger partial charge in [0.1, 0.15) is 12.2 Å². The van der Waals surface area contributed by atoms with E-state index in [1.165, 1.54) is 0 Å². The zero-order chi connectivity index (χ0) is 22.1. The monoisotopic (exact) mass is 440 g/mol. The van der Waals surface area contributed by atoms with Crippen LogP contribution in [0.4, 0.5) is 18.9 Å². The number of halogens is 3. The summed E-state index contributed by atoms with van der Waals surface area (Å²) in [6, 6.07) is 5.30. The number of hydrogen-bond acceptors (Lipinski definition) is 5. The summed E-state index contributed by atoms with van der Waals surface area (Å²) in [7, 11) is 0. The highest BCUT2D eigenvalue weighted by Crippen LogP contribution is 2.34. The van der Waals surface area contributed by atoms with Crippen LogP contribution in [-0.4, -0.2) is 47.8 Å². The van der Waals surface area contributed by atoms with Gasteiger partial charge >= 0.3 is 6.18 Å².